The Bertz CT molecular complexity index is 1720. The van der Waals surface area contributed by atoms with Gasteiger partial charge in [0, 0.05) is 34.3 Å². The molecule has 0 aliphatic carbocycles. The highest BCUT2D eigenvalue weighted by Gasteiger charge is 2.16. The van der Waals surface area contributed by atoms with Crippen molar-refractivity contribution in [2.45, 2.75) is 9.79 Å². The standard InChI is InChI=1S/C22H18N2O9S2/c1-33-21-11-17(35(30,31)32)9-13-7-15(3-5-19(13)21)24-22(26)23-14-2-4-18-12(6-14)8-16(10-20(18)25)34(27,28)29/h2-11,25H,1H3,(H2,23,24,26)(H,27,28,29)(H,30,31,32). The molecule has 0 saturated heterocycles. The molecule has 4 aromatic carbocycles. The Morgan fingerprint density at radius 2 is 1.23 bits per heavy atom. The van der Waals surface area contributed by atoms with Gasteiger partial charge in [-0.05, 0) is 59.3 Å². The van der Waals surface area contributed by atoms with Crippen molar-refractivity contribution < 1.29 is 40.6 Å². The van der Waals surface area contributed by atoms with Crippen LogP contribution in [0.25, 0.3) is 21.5 Å². The van der Waals surface area contributed by atoms with E-state index in [1.54, 1.807) is 12.1 Å². The predicted octanol–water partition coefficient (Wildman–Crippen LogP) is 3.84. The Morgan fingerprint density at radius 3 is 1.74 bits per heavy atom. The summed E-state index contributed by atoms with van der Waals surface area (Å²) >= 11 is 0. The Labute approximate surface area is 199 Å². The minimum Gasteiger partial charge on any atom is -0.507 e. The molecule has 0 aliphatic rings. The molecule has 0 bridgehead atoms. The van der Waals surface area contributed by atoms with Crippen molar-refractivity contribution in [1.29, 1.82) is 0 Å². The predicted molar refractivity (Wildman–Crippen MR) is 128 cm³/mol. The van der Waals surface area contributed by atoms with Crippen molar-refractivity contribution in [3.8, 4) is 11.5 Å². The summed E-state index contributed by atoms with van der Waals surface area (Å²) in [6.45, 7) is 0. The van der Waals surface area contributed by atoms with Gasteiger partial charge in [0.15, 0.2) is 0 Å². The van der Waals surface area contributed by atoms with Crippen molar-refractivity contribution >= 4 is 59.2 Å². The van der Waals surface area contributed by atoms with Crippen molar-refractivity contribution in [2.24, 2.45) is 0 Å². The Hall–Kier alpha value is -3.91. The van der Waals surface area contributed by atoms with Crippen LogP contribution < -0.4 is 15.4 Å². The number of phenols is 1. The fourth-order valence-electron chi connectivity index (χ4n) is 3.55. The average Bonchev–Trinajstić information content (AvgIpc) is 2.76. The van der Waals surface area contributed by atoms with Crippen molar-refractivity contribution in [3.63, 3.8) is 0 Å². The molecule has 0 radical (unpaired) electrons. The van der Waals surface area contributed by atoms with Gasteiger partial charge in [0.25, 0.3) is 20.2 Å². The van der Waals surface area contributed by atoms with Gasteiger partial charge in [0.2, 0.25) is 0 Å². The molecule has 0 unspecified atom stereocenters. The zero-order valence-corrected chi connectivity index (χ0v) is 19.5. The molecule has 182 valence electrons. The fraction of sp³-hybridized carbons (Fsp3) is 0.0455. The monoisotopic (exact) mass is 518 g/mol. The van der Waals surface area contributed by atoms with Gasteiger partial charge in [0.05, 0.1) is 16.9 Å². The number of fused-ring (bicyclic) bond motifs is 2. The number of hydrogen-bond donors (Lipinski definition) is 5. The van der Waals surface area contributed by atoms with E-state index < -0.39 is 31.2 Å². The highest BCUT2D eigenvalue weighted by Crippen LogP contribution is 2.32. The summed E-state index contributed by atoms with van der Waals surface area (Å²) in [4.78, 5) is 11.7. The van der Waals surface area contributed by atoms with Crippen LogP contribution in [-0.2, 0) is 20.2 Å². The second-order valence-corrected chi connectivity index (χ2v) is 10.3. The maximum Gasteiger partial charge on any atom is 0.323 e. The summed E-state index contributed by atoms with van der Waals surface area (Å²) < 4.78 is 69.8. The highest BCUT2D eigenvalue weighted by atomic mass is 32.2. The zero-order valence-electron chi connectivity index (χ0n) is 17.9. The third kappa shape index (κ3) is 5.12. The second-order valence-electron chi connectivity index (χ2n) is 7.47. The Morgan fingerprint density at radius 1 is 0.743 bits per heavy atom. The van der Waals surface area contributed by atoms with E-state index >= 15 is 0 Å². The lowest BCUT2D eigenvalue weighted by molar-refractivity contribution is 0.262. The molecule has 0 aromatic heterocycles. The molecule has 35 heavy (non-hydrogen) atoms. The summed E-state index contributed by atoms with van der Waals surface area (Å²) in [5.74, 6) is -0.142. The number of hydrogen-bond acceptors (Lipinski definition) is 7. The first-order chi connectivity index (χ1) is 16.3. The number of benzene rings is 4. The first-order valence-corrected chi connectivity index (χ1v) is 12.6. The number of phenolic OH excluding ortho intramolecular Hbond substituents is 1. The number of aromatic hydroxyl groups is 1. The topological polar surface area (TPSA) is 179 Å². The summed E-state index contributed by atoms with van der Waals surface area (Å²) in [6.07, 6.45) is 0. The molecule has 5 N–H and O–H groups in total. The summed E-state index contributed by atoms with van der Waals surface area (Å²) in [7, 11) is -7.69. The van der Waals surface area contributed by atoms with E-state index in [9.17, 15) is 35.8 Å². The molecule has 0 spiro atoms. The van der Waals surface area contributed by atoms with Gasteiger partial charge in [-0.15, -0.1) is 0 Å². The smallest absolute Gasteiger partial charge is 0.323 e. The van der Waals surface area contributed by atoms with Crippen LogP contribution in [0, 0.1) is 0 Å². The Balaban J connectivity index is 1.62. The highest BCUT2D eigenvalue weighted by molar-refractivity contribution is 7.86. The van der Waals surface area contributed by atoms with Crippen molar-refractivity contribution in [2.75, 3.05) is 17.7 Å². The van der Waals surface area contributed by atoms with E-state index in [4.69, 9.17) is 4.74 Å². The van der Waals surface area contributed by atoms with E-state index in [1.165, 1.54) is 43.5 Å². The minimum atomic E-state index is -4.55. The molecule has 0 aliphatic heterocycles. The van der Waals surface area contributed by atoms with Crippen LogP contribution in [-0.4, -0.2) is 44.2 Å². The van der Waals surface area contributed by atoms with E-state index in [2.05, 4.69) is 10.6 Å². The van der Waals surface area contributed by atoms with Crippen LogP contribution in [0.4, 0.5) is 16.2 Å². The van der Waals surface area contributed by atoms with E-state index in [0.29, 0.717) is 21.8 Å². The summed E-state index contributed by atoms with van der Waals surface area (Å²) in [6, 6.07) is 12.8. The first-order valence-electron chi connectivity index (χ1n) is 9.77. The lowest BCUT2D eigenvalue weighted by Gasteiger charge is -2.12. The lowest BCUT2D eigenvalue weighted by Crippen LogP contribution is -2.19. The van der Waals surface area contributed by atoms with Gasteiger partial charge >= 0.3 is 6.03 Å². The van der Waals surface area contributed by atoms with Gasteiger partial charge in [-0.2, -0.15) is 16.8 Å². The molecule has 0 fully saturated rings. The molecule has 13 heteroatoms. The minimum absolute atomic E-state index is 0.217. The number of rotatable bonds is 5. The van der Waals surface area contributed by atoms with Gasteiger partial charge in [-0.3, -0.25) is 9.11 Å². The number of carbonyl (C=O) groups excluding carboxylic acids is 1. The van der Waals surface area contributed by atoms with Crippen LogP contribution in [0.5, 0.6) is 11.5 Å². The summed E-state index contributed by atoms with van der Waals surface area (Å²) in [5, 5.41) is 16.7. The van der Waals surface area contributed by atoms with Gasteiger partial charge in [-0.1, -0.05) is 0 Å². The molecule has 4 aromatic rings. The molecule has 2 amide bonds. The number of ether oxygens (including phenoxy) is 1. The first kappa shape index (κ1) is 24.2. The van der Waals surface area contributed by atoms with E-state index in [1.807, 2.05) is 0 Å². The quantitative estimate of drug-likeness (QED) is 0.245. The number of amides is 2. The van der Waals surface area contributed by atoms with Gasteiger partial charge < -0.3 is 20.5 Å². The molecule has 0 atom stereocenters. The normalized spacial score (nSPS) is 12.0. The summed E-state index contributed by atoms with van der Waals surface area (Å²) in [5.41, 5.74) is 0.564. The average molecular weight is 519 g/mol. The largest absolute Gasteiger partial charge is 0.507 e. The molecule has 0 heterocycles. The van der Waals surface area contributed by atoms with Crippen molar-refractivity contribution in [1.82, 2.24) is 0 Å². The Kier molecular flexibility index (Phi) is 6.02. The number of nitrogens with one attached hydrogen (secondary N) is 2. The third-order valence-electron chi connectivity index (χ3n) is 5.12. The molecule has 0 saturated carbocycles. The van der Waals surface area contributed by atoms with Crippen LogP contribution in [0.1, 0.15) is 0 Å². The molecule has 4 rings (SSSR count). The number of methoxy groups -OCH3 is 1. The third-order valence-corrected chi connectivity index (χ3v) is 6.79. The van der Waals surface area contributed by atoms with Crippen LogP contribution in [0.3, 0.4) is 0 Å². The maximum absolute atomic E-state index is 12.5. The zero-order chi connectivity index (χ0) is 25.5. The van der Waals surface area contributed by atoms with Gasteiger partial charge in [0.1, 0.15) is 11.5 Å². The SMILES string of the molecule is COc1cc(S(=O)(=O)O)cc2cc(NC(=O)Nc3ccc4c(O)cc(S(=O)(=O)O)cc4c3)ccc12. The second kappa shape index (κ2) is 8.70. The van der Waals surface area contributed by atoms with Crippen molar-refractivity contribution in [3.05, 3.63) is 60.7 Å². The molecular formula is C22H18N2O9S2. The number of carbonyl (C=O) groups is 1. The number of anilines is 2. The van der Waals surface area contributed by atoms with Crippen LogP contribution >= 0.6 is 0 Å². The van der Waals surface area contributed by atoms with Gasteiger partial charge in [-0.25, -0.2) is 4.79 Å². The fourth-order valence-corrected chi connectivity index (χ4v) is 4.62. The van der Waals surface area contributed by atoms with E-state index in [0.717, 1.165) is 12.1 Å². The number of urea groups is 1. The maximum atomic E-state index is 12.5. The van der Waals surface area contributed by atoms with Crippen LogP contribution in [0.2, 0.25) is 0 Å². The molecule has 11 nitrogen and oxygen atoms in total. The lowest BCUT2D eigenvalue weighted by atomic mass is 10.1. The van der Waals surface area contributed by atoms with E-state index in [-0.39, 0.29) is 27.5 Å². The van der Waals surface area contributed by atoms with Crippen LogP contribution in [0.15, 0.2) is 70.5 Å². The molecular weight excluding hydrogens is 500 g/mol.